The van der Waals surface area contributed by atoms with Crippen LogP contribution < -0.4 is 0 Å². The maximum absolute atomic E-state index is 10.9. The summed E-state index contributed by atoms with van der Waals surface area (Å²) in [5.74, 6) is 0.717. The van der Waals surface area contributed by atoms with E-state index in [0.29, 0.717) is 6.54 Å². The Bertz CT molecular complexity index is 299. The minimum atomic E-state index is -0.0562. The number of carbonyl (C=O) groups excluding carboxylic acids is 1. The Labute approximate surface area is 64.7 Å². The van der Waals surface area contributed by atoms with Gasteiger partial charge in [0.1, 0.15) is 12.4 Å². The summed E-state index contributed by atoms with van der Waals surface area (Å²) in [6, 6.07) is 0. The summed E-state index contributed by atoms with van der Waals surface area (Å²) in [5.41, 5.74) is 1.08. The van der Waals surface area contributed by atoms with Crippen molar-refractivity contribution in [2.45, 2.75) is 6.92 Å². The highest BCUT2D eigenvalue weighted by atomic mass is 16.2. The maximum atomic E-state index is 10.9. The van der Waals surface area contributed by atoms with E-state index < -0.39 is 0 Å². The van der Waals surface area contributed by atoms with Gasteiger partial charge in [0, 0.05) is 5.70 Å². The fourth-order valence-corrected chi connectivity index (χ4v) is 1.24. The van der Waals surface area contributed by atoms with E-state index in [4.69, 9.17) is 0 Å². The molecule has 0 aromatic heterocycles. The third-order valence-corrected chi connectivity index (χ3v) is 1.82. The summed E-state index contributed by atoms with van der Waals surface area (Å²) in [4.78, 5) is 16.6. The van der Waals surface area contributed by atoms with E-state index in [1.54, 1.807) is 0 Å². The largest absolute Gasteiger partial charge is 0.321 e. The highest BCUT2D eigenvalue weighted by Crippen LogP contribution is 2.15. The van der Waals surface area contributed by atoms with Crippen molar-refractivity contribution < 1.29 is 4.79 Å². The Morgan fingerprint density at radius 2 is 2.45 bits per heavy atom. The van der Waals surface area contributed by atoms with Crippen LogP contribution >= 0.6 is 0 Å². The molecule has 0 aromatic rings. The topological polar surface area (TPSA) is 32.7 Å². The van der Waals surface area contributed by atoms with Gasteiger partial charge in [-0.1, -0.05) is 6.08 Å². The summed E-state index contributed by atoms with van der Waals surface area (Å²) in [6.07, 6.45) is 5.72. The second-order valence-electron chi connectivity index (χ2n) is 2.62. The molecule has 0 atom stereocenters. The van der Waals surface area contributed by atoms with Crippen LogP contribution in [0.4, 0.5) is 0 Å². The molecule has 2 rings (SSSR count). The summed E-state index contributed by atoms with van der Waals surface area (Å²) in [5, 5.41) is 0. The third-order valence-electron chi connectivity index (χ3n) is 1.82. The first kappa shape index (κ1) is 6.34. The summed E-state index contributed by atoms with van der Waals surface area (Å²) >= 11 is 0. The van der Waals surface area contributed by atoms with Crippen LogP contribution in [0.3, 0.4) is 0 Å². The van der Waals surface area contributed by atoms with Crippen LogP contribution in [0.1, 0.15) is 6.92 Å². The molecule has 3 nitrogen and oxygen atoms in total. The highest BCUT2D eigenvalue weighted by molar-refractivity contribution is 6.08. The lowest BCUT2D eigenvalue weighted by Gasteiger charge is -2.19. The van der Waals surface area contributed by atoms with E-state index in [0.717, 1.165) is 11.5 Å². The van der Waals surface area contributed by atoms with Gasteiger partial charge in [0.15, 0.2) is 0 Å². The van der Waals surface area contributed by atoms with Gasteiger partial charge < -0.3 is 4.90 Å². The summed E-state index contributed by atoms with van der Waals surface area (Å²) < 4.78 is 0. The van der Waals surface area contributed by atoms with Crippen molar-refractivity contribution in [2.75, 3.05) is 6.54 Å². The molecule has 2 heterocycles. The van der Waals surface area contributed by atoms with Crippen molar-refractivity contribution in [1.29, 1.82) is 0 Å². The average molecular weight is 148 g/mol. The third kappa shape index (κ3) is 0.888. The van der Waals surface area contributed by atoms with Crippen molar-refractivity contribution in [2.24, 2.45) is 4.99 Å². The van der Waals surface area contributed by atoms with Gasteiger partial charge in [-0.15, -0.1) is 0 Å². The standard InChI is InChI=1S/C8H8N2O/c1-6-3-2-4-7-9-8(11)5-10(6)7/h2-4H,5H2,1H3. The molecule has 0 bridgehead atoms. The predicted octanol–water partition coefficient (Wildman–Crippen LogP) is 0.701. The number of rotatable bonds is 0. The molecular formula is C8H8N2O. The second-order valence-corrected chi connectivity index (χ2v) is 2.62. The van der Waals surface area contributed by atoms with E-state index >= 15 is 0 Å². The molecule has 0 fully saturated rings. The lowest BCUT2D eigenvalue weighted by molar-refractivity contribution is -0.116. The van der Waals surface area contributed by atoms with Crippen molar-refractivity contribution >= 4 is 11.7 Å². The van der Waals surface area contributed by atoms with Crippen molar-refractivity contribution in [3.05, 3.63) is 23.9 Å². The van der Waals surface area contributed by atoms with Crippen LogP contribution in [0.2, 0.25) is 0 Å². The number of allylic oxidation sites excluding steroid dienone is 3. The number of hydrogen-bond acceptors (Lipinski definition) is 2. The molecule has 0 saturated heterocycles. The molecule has 0 saturated carbocycles. The van der Waals surface area contributed by atoms with Crippen LogP contribution in [-0.4, -0.2) is 23.2 Å². The zero-order chi connectivity index (χ0) is 7.84. The quantitative estimate of drug-likeness (QED) is 0.506. The zero-order valence-corrected chi connectivity index (χ0v) is 6.24. The summed E-state index contributed by atoms with van der Waals surface area (Å²) in [6.45, 7) is 2.37. The highest BCUT2D eigenvalue weighted by Gasteiger charge is 2.23. The summed E-state index contributed by atoms with van der Waals surface area (Å²) in [7, 11) is 0. The second kappa shape index (κ2) is 2.05. The van der Waals surface area contributed by atoms with E-state index in [2.05, 4.69) is 4.99 Å². The average Bonchev–Trinajstić information content (AvgIpc) is 2.31. The zero-order valence-electron chi connectivity index (χ0n) is 6.24. The molecule has 3 heteroatoms. The van der Waals surface area contributed by atoms with E-state index in [1.165, 1.54) is 0 Å². The number of amidine groups is 1. The molecule has 11 heavy (non-hydrogen) atoms. The monoisotopic (exact) mass is 148 g/mol. The Balaban J connectivity index is 2.40. The first-order valence-electron chi connectivity index (χ1n) is 3.51. The molecular weight excluding hydrogens is 140 g/mol. The number of hydrogen-bond donors (Lipinski definition) is 0. The lowest BCUT2D eigenvalue weighted by atomic mass is 10.2. The van der Waals surface area contributed by atoms with Crippen molar-refractivity contribution in [3.8, 4) is 0 Å². The number of aliphatic imine (C=N–C) groups is 1. The fraction of sp³-hybridized carbons (Fsp3) is 0.250. The van der Waals surface area contributed by atoms with Crippen LogP contribution in [-0.2, 0) is 4.79 Å². The van der Waals surface area contributed by atoms with Gasteiger partial charge in [-0.25, -0.2) is 0 Å². The van der Waals surface area contributed by atoms with Crippen LogP contribution in [0.5, 0.6) is 0 Å². The lowest BCUT2D eigenvalue weighted by Crippen LogP contribution is -2.26. The van der Waals surface area contributed by atoms with Crippen LogP contribution in [0.25, 0.3) is 0 Å². The Morgan fingerprint density at radius 3 is 3.18 bits per heavy atom. The molecule has 0 unspecified atom stereocenters. The van der Waals surface area contributed by atoms with Gasteiger partial charge >= 0.3 is 0 Å². The molecule has 2 aliphatic heterocycles. The van der Waals surface area contributed by atoms with E-state index in [9.17, 15) is 4.79 Å². The number of amides is 1. The van der Waals surface area contributed by atoms with Gasteiger partial charge in [0.25, 0.3) is 5.91 Å². The number of carbonyl (C=O) groups is 1. The molecule has 2 aliphatic rings. The van der Waals surface area contributed by atoms with E-state index in [1.807, 2.05) is 30.1 Å². The minimum absolute atomic E-state index is 0.0562. The van der Waals surface area contributed by atoms with Gasteiger partial charge in [0.2, 0.25) is 0 Å². The van der Waals surface area contributed by atoms with Gasteiger partial charge in [0.05, 0.1) is 0 Å². The number of fused-ring (bicyclic) bond motifs is 1. The van der Waals surface area contributed by atoms with Crippen molar-refractivity contribution in [3.63, 3.8) is 0 Å². The normalized spacial score (nSPS) is 21.5. The fourth-order valence-electron chi connectivity index (χ4n) is 1.24. The number of nitrogens with zero attached hydrogens (tertiary/aromatic N) is 2. The minimum Gasteiger partial charge on any atom is -0.321 e. The van der Waals surface area contributed by atoms with Gasteiger partial charge in [-0.05, 0) is 19.1 Å². The molecule has 0 spiro atoms. The van der Waals surface area contributed by atoms with Crippen molar-refractivity contribution in [1.82, 2.24) is 4.90 Å². The maximum Gasteiger partial charge on any atom is 0.267 e. The van der Waals surface area contributed by atoms with Crippen LogP contribution in [0, 0.1) is 0 Å². The Hall–Kier alpha value is -1.38. The predicted molar refractivity (Wildman–Crippen MR) is 42.0 cm³/mol. The van der Waals surface area contributed by atoms with E-state index in [-0.39, 0.29) is 5.91 Å². The Morgan fingerprint density at radius 1 is 1.64 bits per heavy atom. The smallest absolute Gasteiger partial charge is 0.267 e. The van der Waals surface area contributed by atoms with Gasteiger partial charge in [-0.2, -0.15) is 4.99 Å². The molecule has 0 radical (unpaired) electrons. The first-order valence-corrected chi connectivity index (χ1v) is 3.51. The molecule has 0 aromatic carbocycles. The SMILES string of the molecule is CC1=CC=CC2=NC(=O)CN12. The Kier molecular flexibility index (Phi) is 1.18. The molecule has 1 amide bonds. The van der Waals surface area contributed by atoms with Crippen LogP contribution in [0.15, 0.2) is 28.9 Å². The molecule has 56 valence electrons. The molecule has 0 aliphatic carbocycles. The first-order chi connectivity index (χ1) is 5.27. The van der Waals surface area contributed by atoms with Gasteiger partial charge in [-0.3, -0.25) is 4.79 Å². The molecule has 0 N–H and O–H groups in total.